The molecule has 2 aromatic carbocycles. The molecule has 22 heavy (non-hydrogen) atoms. The van der Waals surface area contributed by atoms with Gasteiger partial charge in [-0.15, -0.1) is 0 Å². The van der Waals surface area contributed by atoms with E-state index in [2.05, 4.69) is 37.2 Å². The fourth-order valence-corrected chi connectivity index (χ4v) is 2.36. The zero-order chi connectivity index (χ0) is 15.8. The largest absolute Gasteiger partial charge is 0.497 e. The molecule has 0 saturated carbocycles. The predicted molar refractivity (Wildman–Crippen MR) is 90.6 cm³/mol. The Hall–Kier alpha value is -2.00. The summed E-state index contributed by atoms with van der Waals surface area (Å²) in [5.41, 5.74) is 2.38. The van der Waals surface area contributed by atoms with Crippen molar-refractivity contribution < 1.29 is 9.47 Å². The predicted octanol–water partition coefficient (Wildman–Crippen LogP) is 3.77. The van der Waals surface area contributed by atoms with Gasteiger partial charge in [0.2, 0.25) is 0 Å². The molecule has 0 amide bonds. The molecule has 0 atom stereocenters. The van der Waals surface area contributed by atoms with Crippen LogP contribution in [0.5, 0.6) is 11.5 Å². The normalized spacial score (nSPS) is 10.7. The summed E-state index contributed by atoms with van der Waals surface area (Å²) < 4.78 is 11.3. The molecule has 3 heteroatoms. The maximum absolute atomic E-state index is 6.01. The Morgan fingerprint density at radius 3 is 2.59 bits per heavy atom. The monoisotopic (exact) mass is 299 g/mol. The fraction of sp³-hybridized carbons (Fsp3) is 0.368. The minimum absolute atomic E-state index is 0.557. The van der Waals surface area contributed by atoms with Gasteiger partial charge in [0.25, 0.3) is 0 Å². The third kappa shape index (κ3) is 5.08. The van der Waals surface area contributed by atoms with Gasteiger partial charge in [-0.3, -0.25) is 0 Å². The molecule has 0 unspecified atom stereocenters. The van der Waals surface area contributed by atoms with E-state index in [4.69, 9.17) is 9.47 Å². The molecular weight excluding hydrogens is 274 g/mol. The van der Waals surface area contributed by atoms with Crippen LogP contribution in [0.25, 0.3) is 0 Å². The van der Waals surface area contributed by atoms with E-state index in [1.807, 2.05) is 30.3 Å². The summed E-state index contributed by atoms with van der Waals surface area (Å²) >= 11 is 0. The summed E-state index contributed by atoms with van der Waals surface area (Å²) in [6.45, 7) is 1.64. The van der Waals surface area contributed by atoms with E-state index in [9.17, 15) is 0 Å². The van der Waals surface area contributed by atoms with Gasteiger partial charge in [-0.1, -0.05) is 30.3 Å². The molecule has 0 aliphatic carbocycles. The van der Waals surface area contributed by atoms with Crippen LogP contribution in [0.4, 0.5) is 0 Å². The topological polar surface area (TPSA) is 21.7 Å². The summed E-state index contributed by atoms with van der Waals surface area (Å²) in [5.74, 6) is 1.84. The summed E-state index contributed by atoms with van der Waals surface area (Å²) in [6, 6.07) is 16.3. The average molecular weight is 299 g/mol. The molecule has 0 spiro atoms. The summed E-state index contributed by atoms with van der Waals surface area (Å²) in [6.07, 6.45) is 2.17. The molecule has 0 aliphatic rings. The number of nitrogens with zero attached hydrogens (tertiary/aromatic N) is 1. The van der Waals surface area contributed by atoms with Gasteiger partial charge in [0.05, 0.1) is 7.11 Å². The van der Waals surface area contributed by atoms with Crippen molar-refractivity contribution >= 4 is 0 Å². The first-order valence-corrected chi connectivity index (χ1v) is 7.67. The highest BCUT2D eigenvalue weighted by Gasteiger charge is 2.04. The number of hydrogen-bond donors (Lipinski definition) is 0. The highest BCUT2D eigenvalue weighted by molar-refractivity contribution is 5.34. The van der Waals surface area contributed by atoms with Gasteiger partial charge >= 0.3 is 0 Å². The molecule has 0 radical (unpaired) electrons. The number of aryl methyl sites for hydroxylation is 1. The van der Waals surface area contributed by atoms with E-state index < -0.39 is 0 Å². The van der Waals surface area contributed by atoms with Crippen molar-refractivity contribution in [3.8, 4) is 11.5 Å². The molecule has 0 aliphatic heterocycles. The zero-order valence-electron chi connectivity index (χ0n) is 13.7. The molecular formula is C19H25NO2. The van der Waals surface area contributed by atoms with Crippen molar-refractivity contribution in [2.45, 2.75) is 19.4 Å². The molecule has 3 nitrogen and oxygen atoms in total. The molecule has 2 aromatic rings. The summed E-state index contributed by atoms with van der Waals surface area (Å²) in [4.78, 5) is 2.21. The molecule has 0 bridgehead atoms. The average Bonchev–Trinajstić information content (AvgIpc) is 2.54. The van der Waals surface area contributed by atoms with Crippen molar-refractivity contribution in [3.63, 3.8) is 0 Å². The third-order valence-corrected chi connectivity index (χ3v) is 3.55. The summed E-state index contributed by atoms with van der Waals surface area (Å²) in [5, 5.41) is 0. The van der Waals surface area contributed by atoms with E-state index in [-0.39, 0.29) is 0 Å². The lowest BCUT2D eigenvalue weighted by Crippen LogP contribution is -2.13. The van der Waals surface area contributed by atoms with Gasteiger partial charge in [0, 0.05) is 0 Å². The van der Waals surface area contributed by atoms with Crippen LogP contribution >= 0.6 is 0 Å². The second-order valence-electron chi connectivity index (χ2n) is 5.65. The minimum Gasteiger partial charge on any atom is -0.497 e. The molecule has 0 fully saturated rings. The Morgan fingerprint density at radius 2 is 1.82 bits per heavy atom. The molecule has 0 heterocycles. The van der Waals surface area contributed by atoms with Crippen molar-refractivity contribution in [2.75, 3.05) is 27.7 Å². The zero-order valence-corrected chi connectivity index (χ0v) is 13.7. The number of ether oxygens (including phenoxy) is 2. The van der Waals surface area contributed by atoms with Crippen molar-refractivity contribution in [1.82, 2.24) is 4.90 Å². The van der Waals surface area contributed by atoms with Gasteiger partial charge in [0.15, 0.2) is 0 Å². The van der Waals surface area contributed by atoms with E-state index in [0.29, 0.717) is 6.61 Å². The first kappa shape index (κ1) is 16.4. The standard InChI is InChI=1S/C19H25NO2/c1-20(2)13-7-10-17-9-4-5-12-19(17)22-15-16-8-6-11-18(14-16)21-3/h4-6,8-9,11-12,14H,7,10,13,15H2,1-3H3. The van der Waals surface area contributed by atoms with E-state index in [0.717, 1.165) is 36.4 Å². The van der Waals surface area contributed by atoms with Crippen molar-refractivity contribution in [2.24, 2.45) is 0 Å². The minimum atomic E-state index is 0.557. The Kier molecular flexibility index (Phi) is 6.28. The Balaban J connectivity index is 1.97. The molecule has 0 saturated heterocycles. The Morgan fingerprint density at radius 1 is 1.00 bits per heavy atom. The Labute approximate surface area is 133 Å². The van der Waals surface area contributed by atoms with Crippen LogP contribution in [0.1, 0.15) is 17.5 Å². The Bertz CT molecular complexity index is 581. The second-order valence-corrected chi connectivity index (χ2v) is 5.65. The lowest BCUT2D eigenvalue weighted by Gasteiger charge is -2.13. The first-order valence-electron chi connectivity index (χ1n) is 7.67. The van der Waals surface area contributed by atoms with Crippen LogP contribution in [0.3, 0.4) is 0 Å². The number of rotatable bonds is 8. The summed E-state index contributed by atoms with van der Waals surface area (Å²) in [7, 11) is 5.89. The van der Waals surface area contributed by atoms with Crippen molar-refractivity contribution in [3.05, 3.63) is 59.7 Å². The van der Waals surface area contributed by atoms with Gasteiger partial charge in [0.1, 0.15) is 18.1 Å². The van der Waals surface area contributed by atoms with Crippen molar-refractivity contribution in [1.29, 1.82) is 0 Å². The second kappa shape index (κ2) is 8.44. The van der Waals surface area contributed by atoms with Crippen LogP contribution < -0.4 is 9.47 Å². The number of methoxy groups -OCH3 is 1. The molecule has 118 valence electrons. The van der Waals surface area contributed by atoms with E-state index in [1.165, 1.54) is 5.56 Å². The van der Waals surface area contributed by atoms with Gasteiger partial charge < -0.3 is 14.4 Å². The smallest absolute Gasteiger partial charge is 0.122 e. The number of hydrogen-bond acceptors (Lipinski definition) is 3. The maximum atomic E-state index is 6.01. The van der Waals surface area contributed by atoms with E-state index >= 15 is 0 Å². The van der Waals surface area contributed by atoms with Crippen LogP contribution in [-0.2, 0) is 13.0 Å². The van der Waals surface area contributed by atoms with Gasteiger partial charge in [-0.05, 0) is 62.8 Å². The maximum Gasteiger partial charge on any atom is 0.122 e. The molecule has 2 rings (SSSR count). The number of para-hydroxylation sites is 1. The third-order valence-electron chi connectivity index (χ3n) is 3.55. The molecule has 0 aromatic heterocycles. The molecule has 0 N–H and O–H groups in total. The first-order chi connectivity index (χ1) is 10.7. The van der Waals surface area contributed by atoms with Gasteiger partial charge in [-0.25, -0.2) is 0 Å². The number of benzene rings is 2. The van der Waals surface area contributed by atoms with Crippen LogP contribution in [0.2, 0.25) is 0 Å². The van der Waals surface area contributed by atoms with Gasteiger partial charge in [-0.2, -0.15) is 0 Å². The fourth-order valence-electron chi connectivity index (χ4n) is 2.36. The lowest BCUT2D eigenvalue weighted by atomic mass is 10.1. The highest BCUT2D eigenvalue weighted by Crippen LogP contribution is 2.22. The SMILES string of the molecule is COc1cccc(COc2ccccc2CCCN(C)C)c1. The van der Waals surface area contributed by atoms with E-state index in [1.54, 1.807) is 7.11 Å². The lowest BCUT2D eigenvalue weighted by molar-refractivity contribution is 0.301. The highest BCUT2D eigenvalue weighted by atomic mass is 16.5. The van der Waals surface area contributed by atoms with Crippen LogP contribution in [0.15, 0.2) is 48.5 Å². The van der Waals surface area contributed by atoms with Crippen LogP contribution in [-0.4, -0.2) is 32.6 Å². The quantitative estimate of drug-likeness (QED) is 0.740. The van der Waals surface area contributed by atoms with Crippen LogP contribution in [0, 0.1) is 0 Å².